The highest BCUT2D eigenvalue weighted by Gasteiger charge is 2.48. The first kappa shape index (κ1) is 22.5. The SMILES string of the molecule is CC(C)(C)c1ccc(S(=O)(=O)N2CCC3CC(N)CCC3(Cc3ccccc3)C2)cc1. The molecule has 2 aliphatic rings. The van der Waals surface area contributed by atoms with Crippen molar-refractivity contribution in [3.05, 3.63) is 65.7 Å². The van der Waals surface area contributed by atoms with Crippen molar-refractivity contribution < 1.29 is 8.42 Å². The zero-order chi connectivity index (χ0) is 22.3. The molecular formula is C26H36N2O2S. The predicted molar refractivity (Wildman–Crippen MR) is 126 cm³/mol. The number of nitrogens with zero attached hydrogens (tertiary/aromatic N) is 1. The molecule has 4 rings (SSSR count). The summed E-state index contributed by atoms with van der Waals surface area (Å²) in [6.45, 7) is 7.59. The van der Waals surface area contributed by atoms with Gasteiger partial charge in [-0.1, -0.05) is 63.2 Å². The van der Waals surface area contributed by atoms with E-state index < -0.39 is 10.0 Å². The van der Waals surface area contributed by atoms with E-state index in [1.165, 1.54) is 5.56 Å². The molecule has 2 fully saturated rings. The highest BCUT2D eigenvalue weighted by atomic mass is 32.2. The van der Waals surface area contributed by atoms with Crippen LogP contribution in [0.1, 0.15) is 57.6 Å². The van der Waals surface area contributed by atoms with Crippen LogP contribution in [0.4, 0.5) is 0 Å². The minimum absolute atomic E-state index is 0.00123. The van der Waals surface area contributed by atoms with Crippen LogP contribution >= 0.6 is 0 Å². The molecule has 2 aromatic carbocycles. The number of fused-ring (bicyclic) bond motifs is 1. The molecule has 31 heavy (non-hydrogen) atoms. The molecule has 2 N–H and O–H groups in total. The number of hydrogen-bond acceptors (Lipinski definition) is 3. The van der Waals surface area contributed by atoms with E-state index in [2.05, 4.69) is 45.0 Å². The van der Waals surface area contributed by atoms with Gasteiger partial charge in [-0.2, -0.15) is 4.31 Å². The van der Waals surface area contributed by atoms with Gasteiger partial charge in [0.25, 0.3) is 0 Å². The maximum atomic E-state index is 13.6. The lowest BCUT2D eigenvalue weighted by molar-refractivity contribution is 0.0188. The van der Waals surface area contributed by atoms with Gasteiger partial charge in [0.2, 0.25) is 10.0 Å². The fraction of sp³-hybridized carbons (Fsp3) is 0.538. The first-order valence-corrected chi connectivity index (χ1v) is 12.9. The van der Waals surface area contributed by atoms with E-state index in [9.17, 15) is 8.42 Å². The molecule has 2 aromatic rings. The number of benzene rings is 2. The van der Waals surface area contributed by atoms with Gasteiger partial charge in [0, 0.05) is 19.1 Å². The molecule has 0 radical (unpaired) electrons. The Morgan fingerprint density at radius 1 is 1.03 bits per heavy atom. The summed E-state index contributed by atoms with van der Waals surface area (Å²) in [6.07, 6.45) is 4.77. The summed E-state index contributed by atoms with van der Waals surface area (Å²) < 4.78 is 28.9. The van der Waals surface area contributed by atoms with Crippen molar-refractivity contribution >= 4 is 10.0 Å². The molecular weight excluding hydrogens is 404 g/mol. The zero-order valence-electron chi connectivity index (χ0n) is 19.0. The Kier molecular flexibility index (Phi) is 6.06. The molecule has 1 heterocycles. The fourth-order valence-electron chi connectivity index (χ4n) is 5.54. The van der Waals surface area contributed by atoms with E-state index in [0.717, 1.165) is 37.7 Å². The summed E-state index contributed by atoms with van der Waals surface area (Å²) in [6, 6.07) is 18.2. The quantitative estimate of drug-likeness (QED) is 0.747. The van der Waals surface area contributed by atoms with Crippen molar-refractivity contribution in [1.29, 1.82) is 0 Å². The zero-order valence-corrected chi connectivity index (χ0v) is 19.9. The molecule has 3 unspecified atom stereocenters. The van der Waals surface area contributed by atoms with E-state index in [4.69, 9.17) is 5.73 Å². The summed E-state index contributed by atoms with van der Waals surface area (Å²) in [5.74, 6) is 0.478. The highest BCUT2D eigenvalue weighted by Crippen LogP contribution is 2.49. The molecule has 3 atom stereocenters. The van der Waals surface area contributed by atoms with Gasteiger partial charge in [0.15, 0.2) is 0 Å². The summed E-state index contributed by atoms with van der Waals surface area (Å²) in [7, 11) is -3.52. The lowest BCUT2D eigenvalue weighted by Gasteiger charge is -2.52. The van der Waals surface area contributed by atoms with Crippen LogP contribution in [0.3, 0.4) is 0 Å². The van der Waals surface area contributed by atoms with Gasteiger partial charge in [-0.05, 0) is 72.1 Å². The third-order valence-corrected chi connectivity index (χ3v) is 9.30. The number of sulfonamides is 1. The van der Waals surface area contributed by atoms with Crippen molar-refractivity contribution in [1.82, 2.24) is 4.31 Å². The largest absolute Gasteiger partial charge is 0.328 e. The van der Waals surface area contributed by atoms with Crippen LogP contribution in [0, 0.1) is 11.3 Å². The average molecular weight is 441 g/mol. The van der Waals surface area contributed by atoms with Crippen molar-refractivity contribution in [3.8, 4) is 0 Å². The van der Waals surface area contributed by atoms with Crippen molar-refractivity contribution in [2.45, 2.75) is 69.2 Å². The fourth-order valence-corrected chi connectivity index (χ4v) is 7.10. The highest BCUT2D eigenvalue weighted by molar-refractivity contribution is 7.89. The molecule has 1 saturated heterocycles. The van der Waals surface area contributed by atoms with Crippen LogP contribution in [0.5, 0.6) is 0 Å². The minimum Gasteiger partial charge on any atom is -0.328 e. The third kappa shape index (κ3) is 4.59. The second-order valence-corrected chi connectivity index (χ2v) is 12.6. The van der Waals surface area contributed by atoms with Gasteiger partial charge in [-0.15, -0.1) is 0 Å². The standard InChI is InChI=1S/C26H36N2O2S/c1-25(2,3)21-9-11-24(12-10-21)31(29,30)28-16-14-22-17-23(27)13-15-26(22,19-28)18-20-7-5-4-6-8-20/h4-12,22-23H,13-19,27H2,1-3H3. The second kappa shape index (κ2) is 8.34. The summed E-state index contributed by atoms with van der Waals surface area (Å²) in [5.41, 5.74) is 8.72. The lowest BCUT2D eigenvalue weighted by Crippen LogP contribution is -2.55. The van der Waals surface area contributed by atoms with Gasteiger partial charge in [0.05, 0.1) is 4.90 Å². The number of hydrogen-bond donors (Lipinski definition) is 1. The van der Waals surface area contributed by atoms with E-state index in [0.29, 0.717) is 23.9 Å². The summed E-state index contributed by atoms with van der Waals surface area (Å²) >= 11 is 0. The Balaban J connectivity index is 1.62. The molecule has 1 saturated carbocycles. The molecule has 4 nitrogen and oxygen atoms in total. The third-order valence-electron chi connectivity index (χ3n) is 7.44. The van der Waals surface area contributed by atoms with Gasteiger partial charge in [-0.25, -0.2) is 8.42 Å². The van der Waals surface area contributed by atoms with Crippen LogP contribution in [0.15, 0.2) is 59.5 Å². The van der Waals surface area contributed by atoms with Crippen LogP contribution in [0.25, 0.3) is 0 Å². The Morgan fingerprint density at radius 2 is 1.71 bits per heavy atom. The first-order valence-electron chi connectivity index (χ1n) is 11.5. The van der Waals surface area contributed by atoms with Gasteiger partial charge >= 0.3 is 0 Å². The van der Waals surface area contributed by atoms with Gasteiger partial charge in [-0.3, -0.25) is 0 Å². The van der Waals surface area contributed by atoms with E-state index >= 15 is 0 Å². The van der Waals surface area contributed by atoms with Crippen molar-refractivity contribution in [2.24, 2.45) is 17.1 Å². The molecule has 168 valence electrons. The topological polar surface area (TPSA) is 63.4 Å². The molecule has 1 aliphatic carbocycles. The molecule has 1 aliphatic heterocycles. The number of rotatable bonds is 4. The van der Waals surface area contributed by atoms with Crippen molar-refractivity contribution in [2.75, 3.05) is 13.1 Å². The number of piperidine rings is 1. The smallest absolute Gasteiger partial charge is 0.243 e. The molecule has 5 heteroatoms. The van der Waals surface area contributed by atoms with E-state index in [-0.39, 0.29) is 16.9 Å². The van der Waals surface area contributed by atoms with Crippen LogP contribution in [-0.2, 0) is 21.9 Å². The van der Waals surface area contributed by atoms with Crippen LogP contribution in [-0.4, -0.2) is 31.9 Å². The van der Waals surface area contributed by atoms with Gasteiger partial charge in [0.1, 0.15) is 0 Å². The van der Waals surface area contributed by atoms with Crippen LogP contribution in [0.2, 0.25) is 0 Å². The maximum Gasteiger partial charge on any atom is 0.243 e. The van der Waals surface area contributed by atoms with Crippen molar-refractivity contribution in [3.63, 3.8) is 0 Å². The van der Waals surface area contributed by atoms with Crippen LogP contribution < -0.4 is 5.73 Å². The van der Waals surface area contributed by atoms with Gasteiger partial charge < -0.3 is 5.73 Å². The molecule has 0 spiro atoms. The monoisotopic (exact) mass is 440 g/mol. The first-order chi connectivity index (χ1) is 14.6. The average Bonchev–Trinajstić information content (AvgIpc) is 2.74. The Bertz CT molecular complexity index is 996. The molecule has 0 bridgehead atoms. The van der Waals surface area contributed by atoms with E-state index in [1.807, 2.05) is 18.2 Å². The Hall–Kier alpha value is -1.69. The normalized spacial score (nSPS) is 27.6. The second-order valence-electron chi connectivity index (χ2n) is 10.7. The number of nitrogens with two attached hydrogens (primary N) is 1. The lowest BCUT2D eigenvalue weighted by atomic mass is 9.60. The van der Waals surface area contributed by atoms with E-state index in [1.54, 1.807) is 16.4 Å². The maximum absolute atomic E-state index is 13.6. The Morgan fingerprint density at radius 3 is 2.35 bits per heavy atom. The summed E-state index contributed by atoms with van der Waals surface area (Å²) in [5, 5.41) is 0. The summed E-state index contributed by atoms with van der Waals surface area (Å²) in [4.78, 5) is 0.404. The molecule has 0 amide bonds. The predicted octanol–water partition coefficient (Wildman–Crippen LogP) is 4.74. The molecule has 0 aromatic heterocycles. The Labute approximate surface area is 187 Å². The minimum atomic E-state index is -3.52.